The summed E-state index contributed by atoms with van der Waals surface area (Å²) in [7, 11) is 0. The maximum Gasteiger partial charge on any atom is 0.163 e. The summed E-state index contributed by atoms with van der Waals surface area (Å²) in [5.41, 5.74) is 11.9. The first kappa shape index (κ1) is 30.2. The zero-order valence-corrected chi connectivity index (χ0v) is 25.2. The number of carbonyl (C=O) groups excluding carboxylic acids is 2. The minimum atomic E-state index is -1.38. The van der Waals surface area contributed by atoms with Gasteiger partial charge in [0.2, 0.25) is 0 Å². The highest BCUT2D eigenvalue weighted by Crippen LogP contribution is 2.62. The van der Waals surface area contributed by atoms with Gasteiger partial charge in [0.1, 0.15) is 11.8 Å². The number of fused-ring (bicyclic) bond motifs is 6. The number of Topliss-reactive ketones (excluding diaryl/α,β-unsaturated/α-hetero) is 2. The molecule has 1 saturated heterocycles. The molecule has 5 N–H and O–H groups in total. The van der Waals surface area contributed by atoms with Crippen molar-refractivity contribution in [2.75, 3.05) is 6.61 Å². The fourth-order valence-corrected chi connectivity index (χ4v) is 9.24. The van der Waals surface area contributed by atoms with Gasteiger partial charge in [0.05, 0.1) is 29.3 Å². The van der Waals surface area contributed by atoms with Crippen molar-refractivity contribution in [3.8, 4) is 0 Å². The van der Waals surface area contributed by atoms with Crippen LogP contribution in [0.5, 0.6) is 0 Å². The van der Waals surface area contributed by atoms with E-state index < -0.39 is 39.7 Å². The quantitative estimate of drug-likeness (QED) is 0.342. The normalized spacial score (nSPS) is 43.8. The van der Waals surface area contributed by atoms with Crippen LogP contribution in [0.2, 0.25) is 0 Å². The lowest BCUT2D eigenvalue weighted by Crippen LogP contribution is -2.81. The summed E-state index contributed by atoms with van der Waals surface area (Å²) in [4.78, 5) is 40.3. The molecule has 2 bridgehead atoms. The maximum absolute atomic E-state index is 14.7. The molecule has 3 aliphatic carbocycles. The molecule has 4 aliphatic rings. The highest BCUT2D eigenvalue weighted by molar-refractivity contribution is 5.95. The van der Waals surface area contributed by atoms with Crippen LogP contribution in [0.15, 0.2) is 46.7 Å². The molecular weight excluding hydrogens is 518 g/mol. The molecule has 3 fully saturated rings. The summed E-state index contributed by atoms with van der Waals surface area (Å²) in [5, 5.41) is 15.9. The molecule has 41 heavy (non-hydrogen) atoms. The van der Waals surface area contributed by atoms with E-state index in [1.165, 1.54) is 0 Å². The molecule has 8 heteroatoms. The number of nitrogens with two attached hydrogens (primary N) is 2. The molecule has 1 aromatic rings. The van der Waals surface area contributed by atoms with E-state index in [9.17, 15) is 19.6 Å². The molecule has 5 unspecified atom stereocenters. The average Bonchev–Trinajstić information content (AvgIpc) is 2.90. The number of hydrogen-bond donors (Lipinski definition) is 3. The molecule has 1 aliphatic heterocycles. The van der Waals surface area contributed by atoms with E-state index in [4.69, 9.17) is 16.2 Å². The average molecular weight is 566 g/mol. The Morgan fingerprint density at radius 3 is 2.44 bits per heavy atom. The third-order valence-electron chi connectivity index (χ3n) is 11.5. The fourth-order valence-electron chi connectivity index (χ4n) is 9.24. The van der Waals surface area contributed by atoms with Gasteiger partial charge in [-0.15, -0.1) is 0 Å². The Balaban J connectivity index is 1.57. The number of nitrogens with zero attached hydrogens (tertiary/aromatic N) is 1. The molecule has 8 nitrogen and oxygen atoms in total. The van der Waals surface area contributed by atoms with Gasteiger partial charge in [-0.05, 0) is 75.3 Å². The fraction of sp³-hybridized carbons (Fsp3) is 0.697. The largest absolute Gasteiger partial charge is 0.390 e. The highest BCUT2D eigenvalue weighted by Gasteiger charge is 2.73. The first-order chi connectivity index (χ1) is 19.1. The van der Waals surface area contributed by atoms with Crippen LogP contribution in [-0.4, -0.2) is 52.1 Å². The number of benzene rings is 1. The van der Waals surface area contributed by atoms with E-state index in [0.29, 0.717) is 45.1 Å². The number of carbonyl (C=O) groups is 2. The van der Waals surface area contributed by atoms with Crippen LogP contribution in [0.25, 0.3) is 0 Å². The SMILES string of the molecule is C/C1=C2\C(N)C(=O)C3(C)C(N=O)C[C@@]4(C)OCC4[C@@]3(N)CC(O)(CC[C@@H]1CC(=O)CCc1ccccc1)CC2(C)C. The van der Waals surface area contributed by atoms with E-state index in [2.05, 4.69) is 5.18 Å². The van der Waals surface area contributed by atoms with Crippen molar-refractivity contribution in [2.24, 2.45) is 39.3 Å². The minimum absolute atomic E-state index is 0.134. The number of aliphatic hydroxyl groups is 1. The Kier molecular flexibility index (Phi) is 7.50. The lowest BCUT2D eigenvalue weighted by atomic mass is 9.46. The van der Waals surface area contributed by atoms with Crippen LogP contribution in [-0.2, 0) is 20.7 Å². The molecule has 0 radical (unpaired) electrons. The van der Waals surface area contributed by atoms with Crippen molar-refractivity contribution in [3.05, 3.63) is 51.9 Å². The number of nitroso groups, excluding NO2 is 1. The zero-order chi connectivity index (χ0) is 30.0. The Morgan fingerprint density at radius 2 is 1.83 bits per heavy atom. The van der Waals surface area contributed by atoms with Crippen molar-refractivity contribution in [3.63, 3.8) is 0 Å². The predicted molar refractivity (Wildman–Crippen MR) is 158 cm³/mol. The van der Waals surface area contributed by atoms with E-state index >= 15 is 0 Å². The first-order valence-corrected chi connectivity index (χ1v) is 15.1. The number of ether oxygens (including phenoxy) is 1. The van der Waals surface area contributed by atoms with Crippen LogP contribution in [0.4, 0.5) is 0 Å². The molecular formula is C33H47N3O5. The summed E-state index contributed by atoms with van der Waals surface area (Å²) >= 11 is 0. The second kappa shape index (κ2) is 10.2. The summed E-state index contributed by atoms with van der Waals surface area (Å²) in [6, 6.07) is 7.99. The van der Waals surface area contributed by atoms with Crippen LogP contribution in [0, 0.1) is 27.6 Å². The summed E-state index contributed by atoms with van der Waals surface area (Å²) in [6.07, 6.45) is 3.24. The molecule has 8 atom stereocenters. The molecule has 2 saturated carbocycles. The van der Waals surface area contributed by atoms with Crippen LogP contribution >= 0.6 is 0 Å². The highest BCUT2D eigenvalue weighted by atomic mass is 16.5. The van der Waals surface area contributed by atoms with Crippen molar-refractivity contribution in [2.45, 2.75) is 115 Å². The van der Waals surface area contributed by atoms with Crippen molar-refractivity contribution >= 4 is 11.6 Å². The van der Waals surface area contributed by atoms with E-state index in [1.807, 2.05) is 58.0 Å². The van der Waals surface area contributed by atoms with E-state index in [-0.39, 0.29) is 36.2 Å². The Labute approximate surface area is 243 Å². The molecule has 5 rings (SSSR count). The van der Waals surface area contributed by atoms with Crippen molar-refractivity contribution in [1.82, 2.24) is 0 Å². The molecule has 1 aromatic carbocycles. The summed E-state index contributed by atoms with van der Waals surface area (Å²) < 4.78 is 5.96. The molecule has 224 valence electrons. The molecule has 0 aromatic heterocycles. The van der Waals surface area contributed by atoms with Gasteiger partial charge in [0, 0.05) is 30.7 Å². The number of hydrogen-bond acceptors (Lipinski definition) is 8. The van der Waals surface area contributed by atoms with Gasteiger partial charge in [0.15, 0.2) is 5.78 Å². The summed E-state index contributed by atoms with van der Waals surface area (Å²) in [5.74, 6) is -0.539. The zero-order valence-electron chi connectivity index (χ0n) is 25.2. The first-order valence-electron chi connectivity index (χ1n) is 15.1. The van der Waals surface area contributed by atoms with Crippen LogP contribution in [0.1, 0.15) is 85.1 Å². The van der Waals surface area contributed by atoms with Crippen molar-refractivity contribution in [1.29, 1.82) is 0 Å². The Hall–Kier alpha value is -2.26. The van der Waals surface area contributed by atoms with E-state index in [1.54, 1.807) is 6.92 Å². The maximum atomic E-state index is 14.7. The van der Waals surface area contributed by atoms with Crippen LogP contribution < -0.4 is 11.5 Å². The third kappa shape index (κ3) is 4.75. The lowest BCUT2D eigenvalue weighted by Gasteiger charge is -2.66. The van der Waals surface area contributed by atoms with Gasteiger partial charge >= 0.3 is 0 Å². The van der Waals surface area contributed by atoms with Gasteiger partial charge in [-0.25, -0.2) is 0 Å². The molecule has 0 amide bonds. The van der Waals surface area contributed by atoms with E-state index in [0.717, 1.165) is 16.7 Å². The van der Waals surface area contributed by atoms with Gasteiger partial charge < -0.3 is 21.3 Å². The van der Waals surface area contributed by atoms with Gasteiger partial charge in [-0.3, -0.25) is 9.59 Å². The molecule has 0 spiro atoms. The lowest BCUT2D eigenvalue weighted by molar-refractivity contribution is -0.269. The second-order valence-electron chi connectivity index (χ2n) is 14.6. The van der Waals surface area contributed by atoms with Gasteiger partial charge in [-0.1, -0.05) is 54.9 Å². The molecule has 1 heterocycles. The second-order valence-corrected chi connectivity index (χ2v) is 14.6. The number of allylic oxidation sites excluding steroid dienone is 1. The Morgan fingerprint density at radius 1 is 1.15 bits per heavy atom. The standard InChI is InChI=1S/C33H47N3O5/c1-20-22(15-23(37)12-11-21-9-7-6-8-10-21)13-14-32(39)18-29(2,3)26(20)27(34)28(38)31(5)25(36-40)16-30(4)24(17-41-30)33(31,35)19-32/h6-10,22,24-25,27,39H,11-19,34-35H2,1-5H3/b26-20-/t22-,24?,25?,27?,30-,31?,32?,33+/m1/s1. The third-order valence-corrected chi connectivity index (χ3v) is 11.5. The van der Waals surface area contributed by atoms with Crippen molar-refractivity contribution < 1.29 is 19.4 Å². The smallest absolute Gasteiger partial charge is 0.163 e. The van der Waals surface area contributed by atoms with Gasteiger partial charge in [-0.2, -0.15) is 4.91 Å². The predicted octanol–water partition coefficient (Wildman–Crippen LogP) is 4.40. The summed E-state index contributed by atoms with van der Waals surface area (Å²) in [6.45, 7) is 10.1. The monoisotopic (exact) mass is 565 g/mol. The topological polar surface area (TPSA) is 145 Å². The minimum Gasteiger partial charge on any atom is -0.390 e. The van der Waals surface area contributed by atoms with Gasteiger partial charge in [0.25, 0.3) is 0 Å². The number of rotatable bonds is 6. The Bertz CT molecular complexity index is 1260. The number of aryl methyl sites for hydroxylation is 1. The number of ketones is 2. The van der Waals surface area contributed by atoms with Crippen LogP contribution in [0.3, 0.4) is 0 Å².